The molecule has 12 heavy (non-hydrogen) atoms. The Morgan fingerprint density at radius 2 is 2.33 bits per heavy atom. The number of aryl methyl sites for hydroxylation is 2. The summed E-state index contributed by atoms with van der Waals surface area (Å²) in [6.45, 7) is 3.66. The van der Waals surface area contributed by atoms with Crippen molar-refractivity contribution < 1.29 is 4.42 Å². The van der Waals surface area contributed by atoms with Crippen molar-refractivity contribution in [3.8, 4) is 6.07 Å². The van der Waals surface area contributed by atoms with E-state index in [0.29, 0.717) is 5.70 Å². The van der Waals surface area contributed by atoms with Gasteiger partial charge in [0.1, 0.15) is 11.5 Å². The molecule has 0 unspecified atom stereocenters. The number of nitriles is 1. The zero-order chi connectivity index (χ0) is 9.14. The minimum absolute atomic E-state index is 0.451. The fraction of sp³-hybridized carbons (Fsp3) is 0.222. The first-order chi connectivity index (χ1) is 5.65. The number of nitrogens with two attached hydrogens (primary N) is 1. The molecule has 0 fully saturated rings. The third-order valence-corrected chi connectivity index (χ3v) is 1.57. The Morgan fingerprint density at radius 1 is 1.67 bits per heavy atom. The van der Waals surface area contributed by atoms with Crippen LogP contribution in [0.1, 0.15) is 17.1 Å². The molecule has 0 aliphatic rings. The predicted octanol–water partition coefficient (Wildman–Crippen LogP) is 1.72. The van der Waals surface area contributed by atoms with E-state index in [4.69, 9.17) is 15.4 Å². The Hall–Kier alpha value is -1.69. The van der Waals surface area contributed by atoms with Gasteiger partial charge < -0.3 is 10.2 Å². The summed E-state index contributed by atoms with van der Waals surface area (Å²) in [7, 11) is 0. The first kappa shape index (κ1) is 8.41. The normalized spacial score (nSPS) is 11.2. The molecule has 0 aromatic carbocycles. The molecule has 0 aliphatic heterocycles. The van der Waals surface area contributed by atoms with E-state index in [1.54, 1.807) is 0 Å². The van der Waals surface area contributed by atoms with E-state index in [1.165, 1.54) is 6.08 Å². The highest BCUT2D eigenvalue weighted by molar-refractivity contribution is 5.66. The van der Waals surface area contributed by atoms with Crippen LogP contribution in [0.25, 0.3) is 5.70 Å². The number of furan rings is 1. The van der Waals surface area contributed by atoms with Crippen molar-refractivity contribution >= 4 is 5.70 Å². The maximum Gasteiger partial charge on any atom is 0.110 e. The highest BCUT2D eigenvalue weighted by atomic mass is 16.3. The molecule has 0 spiro atoms. The maximum atomic E-state index is 8.36. The van der Waals surface area contributed by atoms with E-state index in [-0.39, 0.29) is 0 Å². The van der Waals surface area contributed by atoms with Crippen molar-refractivity contribution in [2.75, 3.05) is 0 Å². The van der Waals surface area contributed by atoms with Gasteiger partial charge in [0.25, 0.3) is 0 Å². The van der Waals surface area contributed by atoms with E-state index in [1.807, 2.05) is 26.0 Å². The Morgan fingerprint density at radius 3 is 2.75 bits per heavy atom. The molecule has 0 aliphatic carbocycles. The van der Waals surface area contributed by atoms with Crippen LogP contribution in [0.2, 0.25) is 0 Å². The highest BCUT2D eigenvalue weighted by Gasteiger charge is 2.05. The Kier molecular flexibility index (Phi) is 2.20. The molecule has 0 amide bonds. The van der Waals surface area contributed by atoms with E-state index >= 15 is 0 Å². The Balaban J connectivity index is 3.12. The lowest BCUT2D eigenvalue weighted by Crippen LogP contribution is -1.95. The maximum absolute atomic E-state index is 8.36. The molecule has 0 radical (unpaired) electrons. The number of hydrogen-bond acceptors (Lipinski definition) is 3. The first-order valence-electron chi connectivity index (χ1n) is 3.58. The average Bonchev–Trinajstić information content (AvgIpc) is 2.30. The summed E-state index contributed by atoms with van der Waals surface area (Å²) < 4.78 is 5.25. The first-order valence-corrected chi connectivity index (χ1v) is 3.58. The minimum atomic E-state index is 0.451. The van der Waals surface area contributed by atoms with Crippen LogP contribution in [0, 0.1) is 25.2 Å². The zero-order valence-corrected chi connectivity index (χ0v) is 7.09. The molecule has 1 aromatic rings. The number of rotatable bonds is 1. The van der Waals surface area contributed by atoms with Crippen molar-refractivity contribution in [1.82, 2.24) is 0 Å². The molecular formula is C9H10N2O. The summed E-state index contributed by atoms with van der Waals surface area (Å²) >= 11 is 0. The fourth-order valence-electron chi connectivity index (χ4n) is 1.06. The van der Waals surface area contributed by atoms with Crippen LogP contribution in [-0.4, -0.2) is 0 Å². The van der Waals surface area contributed by atoms with Gasteiger partial charge in [0.15, 0.2) is 0 Å². The summed E-state index contributed by atoms with van der Waals surface area (Å²) in [6.07, 6.45) is 1.30. The van der Waals surface area contributed by atoms with Gasteiger partial charge in [0, 0.05) is 11.6 Å². The molecule has 1 heterocycles. The molecule has 3 nitrogen and oxygen atoms in total. The lowest BCUT2D eigenvalue weighted by atomic mass is 10.2. The predicted molar refractivity (Wildman–Crippen MR) is 46.0 cm³/mol. The van der Waals surface area contributed by atoms with E-state index in [2.05, 4.69) is 0 Å². The largest absolute Gasteiger partial charge is 0.466 e. The van der Waals surface area contributed by atoms with Gasteiger partial charge in [-0.2, -0.15) is 5.26 Å². The molecule has 1 aromatic heterocycles. The van der Waals surface area contributed by atoms with E-state index < -0.39 is 0 Å². The van der Waals surface area contributed by atoms with Crippen LogP contribution < -0.4 is 5.73 Å². The molecular weight excluding hydrogens is 152 g/mol. The van der Waals surface area contributed by atoms with E-state index in [9.17, 15) is 0 Å². The zero-order valence-electron chi connectivity index (χ0n) is 7.09. The molecule has 1 rings (SSSR count). The van der Waals surface area contributed by atoms with Gasteiger partial charge in [-0.15, -0.1) is 0 Å². The van der Waals surface area contributed by atoms with Gasteiger partial charge in [-0.1, -0.05) is 0 Å². The van der Waals surface area contributed by atoms with Gasteiger partial charge in [0.05, 0.1) is 11.8 Å². The molecule has 2 N–H and O–H groups in total. The van der Waals surface area contributed by atoms with Crippen LogP contribution in [0.4, 0.5) is 0 Å². The van der Waals surface area contributed by atoms with Crippen molar-refractivity contribution in [2.24, 2.45) is 5.73 Å². The summed E-state index contributed by atoms with van der Waals surface area (Å²) in [5.41, 5.74) is 6.85. The molecule has 3 heteroatoms. The topological polar surface area (TPSA) is 63.0 Å². The third kappa shape index (κ3) is 1.48. The molecule has 0 atom stereocenters. The van der Waals surface area contributed by atoms with Gasteiger partial charge >= 0.3 is 0 Å². The quantitative estimate of drug-likeness (QED) is 0.639. The second-order valence-corrected chi connectivity index (χ2v) is 2.56. The van der Waals surface area contributed by atoms with Gasteiger partial charge in [-0.25, -0.2) is 0 Å². The third-order valence-electron chi connectivity index (χ3n) is 1.57. The molecule has 0 saturated carbocycles. The molecule has 0 bridgehead atoms. The average molecular weight is 162 g/mol. The summed E-state index contributed by atoms with van der Waals surface area (Å²) in [6, 6.07) is 3.69. The van der Waals surface area contributed by atoms with Crippen molar-refractivity contribution in [1.29, 1.82) is 5.26 Å². The number of hydrogen-bond donors (Lipinski definition) is 1. The molecule has 62 valence electrons. The number of allylic oxidation sites excluding steroid dienone is 1. The van der Waals surface area contributed by atoms with Crippen LogP contribution in [0.15, 0.2) is 16.6 Å². The fourth-order valence-corrected chi connectivity index (χ4v) is 1.06. The van der Waals surface area contributed by atoms with Crippen LogP contribution in [0.5, 0.6) is 0 Å². The van der Waals surface area contributed by atoms with Crippen molar-refractivity contribution in [2.45, 2.75) is 13.8 Å². The minimum Gasteiger partial charge on any atom is -0.466 e. The summed E-state index contributed by atoms with van der Waals surface area (Å²) in [4.78, 5) is 0. The van der Waals surface area contributed by atoms with Gasteiger partial charge in [-0.05, 0) is 19.9 Å². The van der Waals surface area contributed by atoms with Crippen LogP contribution >= 0.6 is 0 Å². The highest BCUT2D eigenvalue weighted by Crippen LogP contribution is 2.18. The second-order valence-electron chi connectivity index (χ2n) is 2.56. The standard InChI is InChI=1S/C9H10N2O/c1-6-5-8(7(2)12-6)9(11)3-4-10/h3,5H,11H2,1-2H3/b9-3-. The van der Waals surface area contributed by atoms with Crippen molar-refractivity contribution in [3.63, 3.8) is 0 Å². The lowest BCUT2D eigenvalue weighted by molar-refractivity contribution is 0.504. The lowest BCUT2D eigenvalue weighted by Gasteiger charge is -1.94. The Bertz CT molecular complexity index is 355. The van der Waals surface area contributed by atoms with E-state index in [0.717, 1.165) is 17.1 Å². The number of nitrogens with zero attached hydrogens (tertiary/aromatic N) is 1. The monoisotopic (exact) mass is 162 g/mol. The Labute approximate surface area is 71.1 Å². The summed E-state index contributed by atoms with van der Waals surface area (Å²) in [5.74, 6) is 1.55. The molecule has 0 saturated heterocycles. The van der Waals surface area contributed by atoms with Crippen molar-refractivity contribution in [3.05, 3.63) is 29.2 Å². The van der Waals surface area contributed by atoms with Crippen LogP contribution in [-0.2, 0) is 0 Å². The van der Waals surface area contributed by atoms with Gasteiger partial charge in [-0.3, -0.25) is 0 Å². The van der Waals surface area contributed by atoms with Crippen LogP contribution in [0.3, 0.4) is 0 Å². The summed E-state index contributed by atoms with van der Waals surface area (Å²) in [5, 5.41) is 8.36. The SMILES string of the molecule is Cc1cc(/C(N)=C/C#N)c(C)o1. The second kappa shape index (κ2) is 3.14. The smallest absolute Gasteiger partial charge is 0.110 e. The van der Waals surface area contributed by atoms with Gasteiger partial charge in [0.2, 0.25) is 0 Å².